The maximum absolute atomic E-state index is 12.2. The molecule has 3 aromatic carbocycles. The molecule has 1 heterocycles. The van der Waals surface area contributed by atoms with Crippen molar-refractivity contribution in [1.29, 1.82) is 0 Å². The molecule has 35 heavy (non-hydrogen) atoms. The molecule has 0 saturated carbocycles. The van der Waals surface area contributed by atoms with Crippen LogP contribution in [-0.2, 0) is 11.3 Å². The van der Waals surface area contributed by atoms with Gasteiger partial charge in [-0.3, -0.25) is 4.90 Å². The summed E-state index contributed by atoms with van der Waals surface area (Å²) in [5, 5.41) is 11.7. The molecular formula is C29H31N3O3. The molecule has 0 unspecified atom stereocenters. The maximum Gasteiger partial charge on any atom is 0.338 e. The number of carbonyl (C=O) groups is 1. The lowest BCUT2D eigenvalue weighted by molar-refractivity contribution is 0.0526. The van der Waals surface area contributed by atoms with Gasteiger partial charge in [0.05, 0.1) is 29.1 Å². The average Bonchev–Trinajstić information content (AvgIpc) is 3.22. The Labute approximate surface area is 205 Å². The van der Waals surface area contributed by atoms with Gasteiger partial charge in [0.15, 0.2) is 5.88 Å². The third-order valence-electron chi connectivity index (χ3n) is 6.05. The number of fused-ring (bicyclic) bond motifs is 1. The minimum atomic E-state index is -0.396. The number of carbonyl (C=O) groups excluding carboxylic acids is 1. The highest BCUT2D eigenvalue weighted by atomic mass is 16.5. The molecule has 1 aromatic heterocycles. The third-order valence-corrected chi connectivity index (χ3v) is 6.05. The van der Waals surface area contributed by atoms with E-state index in [0.29, 0.717) is 29.0 Å². The van der Waals surface area contributed by atoms with Gasteiger partial charge in [-0.1, -0.05) is 62.4 Å². The standard InChI is InChI=1S/C29H31N3O3/c1-4-32(5-2)19-20-12-15-23(16-13-20)30-27(21-10-8-7-9-11-21)26-24-17-14-22(29(34)35-6-3)18-25(24)31-28(26)33/h7-18,31,33H,4-6,19H2,1-3H3. The lowest BCUT2D eigenvalue weighted by atomic mass is 10.00. The quantitative estimate of drug-likeness (QED) is 0.231. The van der Waals surface area contributed by atoms with Gasteiger partial charge < -0.3 is 14.8 Å². The molecule has 0 bridgehead atoms. The highest BCUT2D eigenvalue weighted by Crippen LogP contribution is 2.32. The molecule has 0 radical (unpaired) electrons. The summed E-state index contributed by atoms with van der Waals surface area (Å²) in [7, 11) is 0. The van der Waals surface area contributed by atoms with E-state index >= 15 is 0 Å². The number of ether oxygens (including phenoxy) is 1. The monoisotopic (exact) mass is 469 g/mol. The summed E-state index contributed by atoms with van der Waals surface area (Å²) in [6.07, 6.45) is 0. The molecule has 0 atom stereocenters. The Kier molecular flexibility index (Phi) is 7.63. The number of esters is 1. The number of aromatic nitrogens is 1. The Hall–Kier alpha value is -3.90. The van der Waals surface area contributed by atoms with E-state index in [1.54, 1.807) is 19.1 Å². The van der Waals surface area contributed by atoms with Gasteiger partial charge in [0, 0.05) is 23.0 Å². The second-order valence-electron chi connectivity index (χ2n) is 8.28. The van der Waals surface area contributed by atoms with E-state index in [0.717, 1.165) is 36.3 Å². The molecule has 0 aliphatic carbocycles. The van der Waals surface area contributed by atoms with Crippen molar-refractivity contribution in [2.24, 2.45) is 4.99 Å². The number of nitrogens with one attached hydrogen (secondary N) is 1. The Morgan fingerprint density at radius 3 is 2.31 bits per heavy atom. The smallest absolute Gasteiger partial charge is 0.338 e. The van der Waals surface area contributed by atoms with Crippen LogP contribution in [0.3, 0.4) is 0 Å². The van der Waals surface area contributed by atoms with Crippen LogP contribution in [0.25, 0.3) is 10.9 Å². The number of hydrogen-bond acceptors (Lipinski definition) is 5. The van der Waals surface area contributed by atoms with E-state index in [1.165, 1.54) is 5.56 Å². The van der Waals surface area contributed by atoms with Gasteiger partial charge in [-0.2, -0.15) is 0 Å². The molecule has 0 aliphatic heterocycles. The van der Waals surface area contributed by atoms with Crippen LogP contribution < -0.4 is 0 Å². The van der Waals surface area contributed by atoms with E-state index in [2.05, 4.69) is 35.9 Å². The fourth-order valence-corrected chi connectivity index (χ4v) is 4.14. The van der Waals surface area contributed by atoms with Gasteiger partial charge in [0.2, 0.25) is 0 Å². The molecule has 0 aliphatic rings. The van der Waals surface area contributed by atoms with Crippen molar-refractivity contribution < 1.29 is 14.6 Å². The van der Waals surface area contributed by atoms with Gasteiger partial charge in [-0.15, -0.1) is 0 Å². The maximum atomic E-state index is 12.2. The predicted octanol–water partition coefficient (Wildman–Crippen LogP) is 6.06. The molecule has 6 nitrogen and oxygen atoms in total. The summed E-state index contributed by atoms with van der Waals surface area (Å²) >= 11 is 0. The van der Waals surface area contributed by atoms with E-state index in [1.807, 2.05) is 48.5 Å². The molecule has 0 spiro atoms. The normalized spacial score (nSPS) is 11.8. The number of benzene rings is 3. The summed E-state index contributed by atoms with van der Waals surface area (Å²) < 4.78 is 5.12. The van der Waals surface area contributed by atoms with Crippen molar-refractivity contribution in [3.63, 3.8) is 0 Å². The molecule has 4 aromatic rings. The zero-order valence-corrected chi connectivity index (χ0v) is 20.4. The zero-order chi connectivity index (χ0) is 24.8. The third kappa shape index (κ3) is 5.44. The largest absolute Gasteiger partial charge is 0.494 e. The molecule has 4 rings (SSSR count). The van der Waals surface area contributed by atoms with Gasteiger partial charge >= 0.3 is 5.97 Å². The molecule has 0 fully saturated rings. The minimum Gasteiger partial charge on any atom is -0.494 e. The summed E-state index contributed by atoms with van der Waals surface area (Å²) in [5.74, 6) is -0.395. The van der Waals surface area contributed by atoms with Crippen LogP contribution in [0.1, 0.15) is 47.8 Å². The molecule has 180 valence electrons. The Bertz CT molecular complexity index is 1320. The number of aliphatic imine (C=N–C) groups is 1. The number of rotatable bonds is 9. The average molecular weight is 470 g/mol. The summed E-state index contributed by atoms with van der Waals surface area (Å²) in [6, 6.07) is 23.2. The van der Waals surface area contributed by atoms with Crippen molar-refractivity contribution in [2.75, 3.05) is 19.7 Å². The van der Waals surface area contributed by atoms with E-state index in [4.69, 9.17) is 9.73 Å². The van der Waals surface area contributed by atoms with Gasteiger partial charge in [-0.05, 0) is 49.8 Å². The molecule has 2 N–H and O–H groups in total. The predicted molar refractivity (Wildman–Crippen MR) is 141 cm³/mol. The minimum absolute atomic E-state index is 0.00163. The van der Waals surface area contributed by atoms with E-state index in [-0.39, 0.29) is 5.88 Å². The van der Waals surface area contributed by atoms with Crippen LogP contribution >= 0.6 is 0 Å². The summed E-state index contributed by atoms with van der Waals surface area (Å²) in [5.41, 5.74) is 5.21. The number of aromatic amines is 1. The number of nitrogens with zero attached hydrogens (tertiary/aromatic N) is 2. The van der Waals surface area contributed by atoms with Crippen LogP contribution in [0.4, 0.5) is 5.69 Å². The molecular weight excluding hydrogens is 438 g/mol. The first-order chi connectivity index (χ1) is 17.0. The fraction of sp³-hybridized carbons (Fsp3) is 0.241. The van der Waals surface area contributed by atoms with E-state index < -0.39 is 5.97 Å². The van der Waals surface area contributed by atoms with Crippen LogP contribution in [0.2, 0.25) is 0 Å². The first-order valence-corrected chi connectivity index (χ1v) is 12.0. The molecule has 0 saturated heterocycles. The van der Waals surface area contributed by atoms with Gasteiger partial charge in [0.25, 0.3) is 0 Å². The van der Waals surface area contributed by atoms with Crippen molar-refractivity contribution in [3.05, 3.63) is 95.1 Å². The first-order valence-electron chi connectivity index (χ1n) is 12.0. The topological polar surface area (TPSA) is 77.9 Å². The fourth-order valence-electron chi connectivity index (χ4n) is 4.14. The Morgan fingerprint density at radius 2 is 1.66 bits per heavy atom. The van der Waals surface area contributed by atoms with Crippen molar-refractivity contribution in [3.8, 4) is 5.88 Å². The number of hydrogen-bond donors (Lipinski definition) is 2. The van der Waals surface area contributed by atoms with Crippen LogP contribution in [0.5, 0.6) is 5.88 Å². The lowest BCUT2D eigenvalue weighted by Crippen LogP contribution is -2.21. The van der Waals surface area contributed by atoms with Crippen molar-refractivity contribution >= 4 is 28.3 Å². The van der Waals surface area contributed by atoms with Crippen LogP contribution in [-0.4, -0.2) is 46.4 Å². The number of H-pyrrole nitrogens is 1. The second-order valence-corrected chi connectivity index (χ2v) is 8.28. The SMILES string of the molecule is CCOC(=O)c1ccc2c(C(=Nc3ccc(CN(CC)CC)cc3)c3ccccc3)c(O)[nH]c2c1. The van der Waals surface area contributed by atoms with E-state index in [9.17, 15) is 9.90 Å². The molecule has 0 amide bonds. The van der Waals surface area contributed by atoms with Crippen LogP contribution in [0.15, 0.2) is 77.8 Å². The van der Waals surface area contributed by atoms with Gasteiger partial charge in [0.1, 0.15) is 0 Å². The summed E-state index contributed by atoms with van der Waals surface area (Å²) in [6.45, 7) is 9.31. The van der Waals surface area contributed by atoms with Gasteiger partial charge in [-0.25, -0.2) is 9.79 Å². The van der Waals surface area contributed by atoms with Crippen molar-refractivity contribution in [2.45, 2.75) is 27.3 Å². The molecule has 6 heteroatoms. The highest BCUT2D eigenvalue weighted by molar-refractivity contribution is 6.22. The summed E-state index contributed by atoms with van der Waals surface area (Å²) in [4.78, 5) is 22.5. The van der Waals surface area contributed by atoms with Crippen LogP contribution in [0, 0.1) is 0 Å². The van der Waals surface area contributed by atoms with Crippen molar-refractivity contribution in [1.82, 2.24) is 9.88 Å². The number of aromatic hydroxyl groups is 1. The lowest BCUT2D eigenvalue weighted by Gasteiger charge is -2.17. The Balaban J connectivity index is 1.77. The first kappa shape index (κ1) is 24.2. The Morgan fingerprint density at radius 1 is 0.943 bits per heavy atom. The second kappa shape index (κ2) is 11.0. The zero-order valence-electron chi connectivity index (χ0n) is 20.4. The highest BCUT2D eigenvalue weighted by Gasteiger charge is 2.20.